The van der Waals surface area contributed by atoms with Gasteiger partial charge in [-0.3, -0.25) is 4.98 Å². The van der Waals surface area contributed by atoms with Crippen LogP contribution in [0.2, 0.25) is 0 Å². The molecule has 1 aromatic carbocycles. The quantitative estimate of drug-likeness (QED) is 0.869. The summed E-state index contributed by atoms with van der Waals surface area (Å²) in [5.41, 5.74) is 2.39. The van der Waals surface area contributed by atoms with Crippen molar-refractivity contribution < 1.29 is 0 Å². The van der Waals surface area contributed by atoms with E-state index in [0.29, 0.717) is 10.6 Å². The van der Waals surface area contributed by atoms with Crippen molar-refractivity contribution in [3.8, 4) is 0 Å². The highest BCUT2D eigenvalue weighted by Crippen LogP contribution is 2.38. The van der Waals surface area contributed by atoms with E-state index in [1.54, 1.807) is 0 Å². The van der Waals surface area contributed by atoms with Crippen LogP contribution in [0.3, 0.4) is 0 Å². The number of pyridine rings is 1. The van der Waals surface area contributed by atoms with Crippen molar-refractivity contribution in [2.75, 3.05) is 6.54 Å². The third kappa shape index (κ3) is 2.09. The first-order valence-corrected chi connectivity index (χ1v) is 7.41. The zero-order valence-corrected chi connectivity index (χ0v) is 11.9. The maximum atomic E-state index is 4.53. The van der Waals surface area contributed by atoms with Crippen molar-refractivity contribution in [3.05, 3.63) is 40.5 Å². The summed E-state index contributed by atoms with van der Waals surface area (Å²) in [6, 6.07) is 8.38. The molecule has 2 aromatic rings. The summed E-state index contributed by atoms with van der Waals surface area (Å²) in [7, 11) is 0. The number of rotatable bonds is 1. The van der Waals surface area contributed by atoms with Crippen molar-refractivity contribution >= 4 is 38.6 Å². The molecule has 0 amide bonds. The molecule has 1 aliphatic rings. The van der Waals surface area contributed by atoms with Crippen LogP contribution in [-0.2, 0) is 0 Å². The fourth-order valence-corrected chi connectivity index (χ4v) is 3.79. The molecule has 1 aromatic heterocycles. The number of aromatic nitrogens is 1. The highest BCUT2D eigenvalue weighted by atomic mass is 79.9. The predicted molar refractivity (Wildman–Crippen MR) is 77.2 cm³/mol. The first-order chi connectivity index (χ1) is 8.25. The number of nitrogens with one attached hydrogen (secondary N) is 1. The number of thioether (sulfide) groups is 1. The standard InChI is InChI=1S/C13H13BrN2S/c1-8-7-16-13(17-8)10-4-5-11(14)9-3-2-6-15-12(9)10/h2-6,8,13,16H,7H2,1H3. The molecule has 88 valence electrons. The van der Waals surface area contributed by atoms with E-state index < -0.39 is 0 Å². The lowest BCUT2D eigenvalue weighted by molar-refractivity contribution is 0.720. The van der Waals surface area contributed by atoms with Crippen molar-refractivity contribution in [1.29, 1.82) is 0 Å². The molecular formula is C13H13BrN2S. The summed E-state index contributed by atoms with van der Waals surface area (Å²) in [5.74, 6) is 0. The molecule has 0 bridgehead atoms. The van der Waals surface area contributed by atoms with Crippen LogP contribution in [-0.4, -0.2) is 16.8 Å². The second kappa shape index (κ2) is 4.59. The summed E-state index contributed by atoms with van der Waals surface area (Å²) in [4.78, 5) is 4.53. The van der Waals surface area contributed by atoms with E-state index >= 15 is 0 Å². The number of benzene rings is 1. The summed E-state index contributed by atoms with van der Waals surface area (Å²) in [6.45, 7) is 3.33. The largest absolute Gasteiger partial charge is 0.300 e. The average Bonchev–Trinajstić information content (AvgIpc) is 2.77. The van der Waals surface area contributed by atoms with Gasteiger partial charge in [-0.1, -0.05) is 35.0 Å². The van der Waals surface area contributed by atoms with Crippen molar-refractivity contribution in [1.82, 2.24) is 10.3 Å². The minimum Gasteiger partial charge on any atom is -0.300 e. The molecule has 0 radical (unpaired) electrons. The Morgan fingerprint density at radius 3 is 3.06 bits per heavy atom. The molecular weight excluding hydrogens is 296 g/mol. The van der Waals surface area contributed by atoms with Crippen molar-refractivity contribution in [2.45, 2.75) is 17.5 Å². The van der Waals surface area contributed by atoms with E-state index in [1.807, 2.05) is 24.0 Å². The number of hydrogen-bond donors (Lipinski definition) is 1. The van der Waals surface area contributed by atoms with E-state index in [4.69, 9.17) is 0 Å². The molecule has 1 saturated heterocycles. The topological polar surface area (TPSA) is 24.9 Å². The first kappa shape index (κ1) is 11.5. The minimum absolute atomic E-state index is 0.371. The Morgan fingerprint density at radius 1 is 1.41 bits per heavy atom. The second-order valence-corrected chi connectivity index (χ2v) is 6.67. The Morgan fingerprint density at radius 2 is 2.29 bits per heavy atom. The third-order valence-corrected chi connectivity index (χ3v) is 5.00. The van der Waals surface area contributed by atoms with Gasteiger partial charge >= 0.3 is 0 Å². The Kier molecular flexibility index (Phi) is 3.11. The molecule has 0 spiro atoms. The van der Waals surface area contributed by atoms with Gasteiger partial charge in [0.15, 0.2) is 0 Å². The molecule has 1 aliphatic heterocycles. The van der Waals surface area contributed by atoms with E-state index in [2.05, 4.69) is 51.4 Å². The molecule has 3 rings (SSSR count). The lowest BCUT2D eigenvalue weighted by atomic mass is 10.1. The Labute approximate surface area is 113 Å². The highest BCUT2D eigenvalue weighted by Gasteiger charge is 2.24. The molecule has 2 nitrogen and oxygen atoms in total. The summed E-state index contributed by atoms with van der Waals surface area (Å²) in [5, 5.41) is 5.77. The fourth-order valence-electron chi connectivity index (χ4n) is 2.16. The maximum Gasteiger partial charge on any atom is 0.0814 e. The second-order valence-electron chi connectivity index (χ2n) is 4.27. The van der Waals surface area contributed by atoms with Crippen LogP contribution < -0.4 is 5.32 Å². The lowest BCUT2D eigenvalue weighted by Gasteiger charge is -2.13. The third-order valence-electron chi connectivity index (χ3n) is 2.99. The van der Waals surface area contributed by atoms with Gasteiger partial charge in [0.25, 0.3) is 0 Å². The van der Waals surface area contributed by atoms with Gasteiger partial charge in [-0.25, -0.2) is 0 Å². The van der Waals surface area contributed by atoms with Crippen LogP contribution in [0, 0.1) is 0 Å². The predicted octanol–water partition coefficient (Wildman–Crippen LogP) is 3.72. The highest BCUT2D eigenvalue weighted by molar-refractivity contribution is 9.10. The molecule has 1 N–H and O–H groups in total. The van der Waals surface area contributed by atoms with Gasteiger partial charge in [0.05, 0.1) is 10.9 Å². The van der Waals surface area contributed by atoms with Gasteiger partial charge in [0.1, 0.15) is 0 Å². The zero-order chi connectivity index (χ0) is 11.8. The maximum absolute atomic E-state index is 4.53. The van der Waals surface area contributed by atoms with Crippen LogP contribution >= 0.6 is 27.7 Å². The van der Waals surface area contributed by atoms with E-state index in [1.165, 1.54) is 10.9 Å². The van der Waals surface area contributed by atoms with Gasteiger partial charge < -0.3 is 5.32 Å². The lowest BCUT2D eigenvalue weighted by Crippen LogP contribution is -2.14. The zero-order valence-electron chi connectivity index (χ0n) is 9.48. The minimum atomic E-state index is 0.371. The molecule has 4 heteroatoms. The van der Waals surface area contributed by atoms with Gasteiger partial charge in [-0.05, 0) is 12.1 Å². The Hall–Kier alpha value is -0.580. The van der Waals surface area contributed by atoms with Crippen molar-refractivity contribution in [2.24, 2.45) is 0 Å². The molecule has 0 saturated carbocycles. The smallest absolute Gasteiger partial charge is 0.0814 e. The first-order valence-electron chi connectivity index (χ1n) is 5.67. The molecule has 1 fully saturated rings. The van der Waals surface area contributed by atoms with Gasteiger partial charge in [0, 0.05) is 33.4 Å². The van der Waals surface area contributed by atoms with Crippen molar-refractivity contribution in [3.63, 3.8) is 0 Å². The normalized spacial score (nSPS) is 24.4. The van der Waals surface area contributed by atoms with Crippen LogP contribution in [0.25, 0.3) is 10.9 Å². The monoisotopic (exact) mass is 308 g/mol. The number of hydrogen-bond acceptors (Lipinski definition) is 3. The van der Waals surface area contributed by atoms with E-state index in [0.717, 1.165) is 16.5 Å². The summed E-state index contributed by atoms with van der Waals surface area (Å²) in [6.07, 6.45) is 1.86. The SMILES string of the molecule is CC1CNC(c2ccc(Br)c3cccnc23)S1. The molecule has 0 aliphatic carbocycles. The van der Waals surface area contributed by atoms with E-state index in [-0.39, 0.29) is 0 Å². The van der Waals surface area contributed by atoms with Gasteiger partial charge in [-0.2, -0.15) is 0 Å². The average molecular weight is 309 g/mol. The Bertz CT molecular complexity index is 558. The van der Waals surface area contributed by atoms with Crippen LogP contribution in [0.5, 0.6) is 0 Å². The Balaban J connectivity index is 2.14. The molecule has 2 unspecified atom stereocenters. The van der Waals surface area contributed by atoms with Crippen LogP contribution in [0.4, 0.5) is 0 Å². The number of nitrogens with zero attached hydrogens (tertiary/aromatic N) is 1. The number of fused-ring (bicyclic) bond motifs is 1. The summed E-state index contributed by atoms with van der Waals surface area (Å²) >= 11 is 5.56. The van der Waals surface area contributed by atoms with Crippen LogP contribution in [0.1, 0.15) is 17.9 Å². The van der Waals surface area contributed by atoms with Gasteiger partial charge in [-0.15, -0.1) is 11.8 Å². The molecule has 2 atom stereocenters. The molecule has 17 heavy (non-hydrogen) atoms. The summed E-state index contributed by atoms with van der Waals surface area (Å²) < 4.78 is 1.11. The number of halogens is 1. The van der Waals surface area contributed by atoms with Gasteiger partial charge in [0.2, 0.25) is 0 Å². The van der Waals surface area contributed by atoms with Crippen LogP contribution in [0.15, 0.2) is 34.9 Å². The fraction of sp³-hybridized carbons (Fsp3) is 0.308. The molecule has 2 heterocycles. The van der Waals surface area contributed by atoms with E-state index in [9.17, 15) is 0 Å².